The number of furan rings is 1. The van der Waals surface area contributed by atoms with E-state index in [2.05, 4.69) is 20.8 Å². The second kappa shape index (κ2) is 9.80. The fourth-order valence-corrected chi connectivity index (χ4v) is 3.46. The van der Waals surface area contributed by atoms with Crippen LogP contribution in [0, 0.1) is 0 Å². The highest BCUT2D eigenvalue weighted by Crippen LogP contribution is 2.32. The second-order valence-corrected chi connectivity index (χ2v) is 7.63. The number of halogens is 2. The number of hydrogen-bond acceptors (Lipinski definition) is 6. The number of rotatable bonds is 8. The Bertz CT molecular complexity index is 1260. The van der Waals surface area contributed by atoms with Gasteiger partial charge in [-0.3, -0.25) is 14.3 Å². The van der Waals surface area contributed by atoms with E-state index in [4.69, 9.17) is 32.4 Å². The molecule has 0 aliphatic heterocycles. The summed E-state index contributed by atoms with van der Waals surface area (Å²) in [4.78, 5) is 25.3. The molecule has 0 unspecified atom stereocenters. The highest BCUT2D eigenvalue weighted by atomic mass is 35.5. The van der Waals surface area contributed by atoms with Crippen LogP contribution in [0.5, 0.6) is 5.75 Å². The summed E-state index contributed by atoms with van der Waals surface area (Å²) >= 11 is 12.2. The molecule has 0 radical (unpaired) electrons. The minimum absolute atomic E-state index is 0.00986. The summed E-state index contributed by atoms with van der Waals surface area (Å²) in [6.45, 7) is 0.189. The molecule has 4 rings (SSSR count). The number of carbonyl (C=O) groups is 2. The van der Waals surface area contributed by atoms with Gasteiger partial charge in [0.2, 0.25) is 0 Å². The molecule has 2 N–H and O–H groups in total. The van der Waals surface area contributed by atoms with Gasteiger partial charge in [0.15, 0.2) is 18.2 Å². The summed E-state index contributed by atoms with van der Waals surface area (Å²) in [5, 5.41) is 14.4. The molecule has 0 aliphatic carbocycles. The lowest BCUT2D eigenvalue weighted by Crippen LogP contribution is -2.26. The van der Waals surface area contributed by atoms with Gasteiger partial charge in [-0.1, -0.05) is 29.3 Å². The van der Waals surface area contributed by atoms with Gasteiger partial charge in [-0.2, -0.15) is 10.2 Å². The van der Waals surface area contributed by atoms with Gasteiger partial charge in [0.25, 0.3) is 11.8 Å². The number of nitrogens with one attached hydrogen (secondary N) is 2. The average molecular weight is 489 g/mol. The molecular formula is C21H18Cl2N6O4. The van der Waals surface area contributed by atoms with E-state index in [1.54, 1.807) is 43.6 Å². The number of aromatic nitrogens is 4. The highest BCUT2D eigenvalue weighted by molar-refractivity contribution is 6.37. The van der Waals surface area contributed by atoms with Crippen LogP contribution in [-0.4, -0.2) is 31.4 Å². The van der Waals surface area contributed by atoms with Gasteiger partial charge >= 0.3 is 0 Å². The number of ether oxygens (including phenoxy) is 1. The normalized spacial score (nSPS) is 10.8. The molecule has 0 atom stereocenters. The number of hydrogen-bond donors (Lipinski definition) is 2. The Labute approximate surface area is 198 Å². The van der Waals surface area contributed by atoms with Crippen LogP contribution < -0.4 is 15.4 Å². The summed E-state index contributed by atoms with van der Waals surface area (Å²) in [7, 11) is 1.60. The Balaban J connectivity index is 1.40. The number of nitrogens with zero attached hydrogens (tertiary/aromatic N) is 4. The van der Waals surface area contributed by atoms with E-state index in [0.717, 1.165) is 0 Å². The Kier molecular flexibility index (Phi) is 6.66. The van der Waals surface area contributed by atoms with Crippen molar-refractivity contribution < 1.29 is 18.7 Å². The van der Waals surface area contributed by atoms with Crippen LogP contribution in [0.25, 0.3) is 0 Å². The maximum Gasteiger partial charge on any atom is 0.276 e. The molecule has 12 heteroatoms. The summed E-state index contributed by atoms with van der Waals surface area (Å²) in [6, 6.07) is 10.00. The fraction of sp³-hybridized carbons (Fsp3) is 0.143. The summed E-state index contributed by atoms with van der Waals surface area (Å²) in [5.74, 6) is -0.0142. The molecule has 170 valence electrons. The van der Waals surface area contributed by atoms with E-state index in [1.807, 2.05) is 0 Å². The number of benzene rings is 1. The molecule has 0 fully saturated rings. The third-order valence-electron chi connectivity index (χ3n) is 4.54. The van der Waals surface area contributed by atoms with Crippen molar-refractivity contribution in [2.45, 2.75) is 13.3 Å². The molecule has 0 saturated carbocycles. The molecule has 33 heavy (non-hydrogen) atoms. The van der Waals surface area contributed by atoms with E-state index in [0.29, 0.717) is 21.6 Å². The largest absolute Gasteiger partial charge is 0.468 e. The number of amides is 2. The lowest BCUT2D eigenvalue weighted by atomic mass is 10.3. The molecule has 10 nitrogen and oxygen atoms in total. The molecule has 4 aromatic rings. The van der Waals surface area contributed by atoms with Crippen molar-refractivity contribution in [1.82, 2.24) is 24.9 Å². The van der Waals surface area contributed by atoms with Crippen LogP contribution in [-0.2, 0) is 20.3 Å². The maximum atomic E-state index is 12.7. The minimum Gasteiger partial charge on any atom is -0.468 e. The van der Waals surface area contributed by atoms with Gasteiger partial charge in [0, 0.05) is 13.2 Å². The molecule has 1 aromatic carbocycles. The molecular weight excluding hydrogens is 471 g/mol. The summed E-state index contributed by atoms with van der Waals surface area (Å²) < 4.78 is 13.6. The van der Waals surface area contributed by atoms with Gasteiger partial charge in [-0.15, -0.1) is 0 Å². The zero-order chi connectivity index (χ0) is 23.4. The van der Waals surface area contributed by atoms with Crippen molar-refractivity contribution >= 4 is 40.7 Å². The Morgan fingerprint density at radius 1 is 1.12 bits per heavy atom. The fourth-order valence-electron chi connectivity index (χ4n) is 2.95. The molecule has 3 heterocycles. The van der Waals surface area contributed by atoms with Crippen molar-refractivity contribution in [2.24, 2.45) is 7.05 Å². The van der Waals surface area contributed by atoms with Crippen LogP contribution in [0.3, 0.4) is 0 Å². The molecule has 2 amide bonds. The van der Waals surface area contributed by atoms with Crippen molar-refractivity contribution in [1.29, 1.82) is 0 Å². The second-order valence-electron chi connectivity index (χ2n) is 6.81. The molecule has 0 bridgehead atoms. The first kappa shape index (κ1) is 22.4. The Morgan fingerprint density at radius 3 is 2.64 bits per heavy atom. The van der Waals surface area contributed by atoms with Crippen LogP contribution in [0.1, 0.15) is 26.7 Å². The lowest BCUT2D eigenvalue weighted by molar-refractivity contribution is 0.0939. The maximum absolute atomic E-state index is 12.7. The number of aryl methyl sites for hydroxylation is 1. The summed E-state index contributed by atoms with van der Waals surface area (Å²) in [5.41, 5.74) is 0.550. The van der Waals surface area contributed by atoms with Crippen LogP contribution in [0.2, 0.25) is 10.0 Å². The first-order chi connectivity index (χ1) is 15.9. The van der Waals surface area contributed by atoms with E-state index in [9.17, 15) is 9.59 Å². The standard InChI is InChI=1S/C21H18Cl2N6O4/c1-28-18(21(31)24-10-13-4-3-9-32-13)17(11-25-28)26-20(30)16-7-8-29(27-16)12-33-19-14(22)5-2-6-15(19)23/h2-9,11H,10,12H2,1H3,(H,24,31)(H,26,30). The van der Waals surface area contributed by atoms with Crippen LogP contribution in [0.4, 0.5) is 5.69 Å². The number of carbonyl (C=O) groups excluding carboxylic acids is 2. The summed E-state index contributed by atoms with van der Waals surface area (Å²) in [6.07, 6.45) is 4.48. The smallest absolute Gasteiger partial charge is 0.276 e. The van der Waals surface area contributed by atoms with Crippen LogP contribution >= 0.6 is 23.2 Å². The zero-order valence-corrected chi connectivity index (χ0v) is 18.8. The predicted molar refractivity (Wildman–Crippen MR) is 120 cm³/mol. The monoisotopic (exact) mass is 488 g/mol. The quantitative estimate of drug-likeness (QED) is 0.390. The van der Waals surface area contributed by atoms with Gasteiger partial charge in [0.1, 0.15) is 11.5 Å². The van der Waals surface area contributed by atoms with Gasteiger partial charge in [-0.25, -0.2) is 4.68 Å². The van der Waals surface area contributed by atoms with Gasteiger partial charge in [-0.05, 0) is 30.3 Å². The zero-order valence-electron chi connectivity index (χ0n) is 17.3. The first-order valence-electron chi connectivity index (χ1n) is 9.66. The molecule has 0 spiro atoms. The van der Waals surface area contributed by atoms with Gasteiger partial charge < -0.3 is 19.8 Å². The molecule has 0 saturated heterocycles. The Hall–Kier alpha value is -3.76. The van der Waals surface area contributed by atoms with E-state index in [1.165, 1.54) is 27.9 Å². The van der Waals surface area contributed by atoms with Gasteiger partial charge in [0.05, 0.1) is 34.7 Å². The SMILES string of the molecule is Cn1ncc(NC(=O)c2ccn(COc3c(Cl)cccc3Cl)n2)c1C(=O)NCc1ccco1. The number of anilines is 1. The molecule has 3 aromatic heterocycles. The van der Waals surface area contributed by atoms with Crippen molar-refractivity contribution in [2.75, 3.05) is 5.32 Å². The first-order valence-corrected chi connectivity index (χ1v) is 10.4. The van der Waals surface area contributed by atoms with Crippen molar-refractivity contribution in [3.63, 3.8) is 0 Å². The lowest BCUT2D eigenvalue weighted by Gasteiger charge is -2.09. The number of para-hydroxylation sites is 1. The highest BCUT2D eigenvalue weighted by Gasteiger charge is 2.20. The van der Waals surface area contributed by atoms with E-state index >= 15 is 0 Å². The van der Waals surface area contributed by atoms with Crippen LogP contribution in [0.15, 0.2) is 59.5 Å². The van der Waals surface area contributed by atoms with E-state index < -0.39 is 11.8 Å². The third kappa shape index (κ3) is 5.18. The topological polar surface area (TPSA) is 116 Å². The minimum atomic E-state index is -0.516. The Morgan fingerprint density at radius 2 is 1.91 bits per heavy atom. The predicted octanol–water partition coefficient (Wildman–Crippen LogP) is 3.74. The molecule has 0 aliphatic rings. The average Bonchev–Trinajstić information content (AvgIpc) is 3.53. The van der Waals surface area contributed by atoms with E-state index in [-0.39, 0.29) is 30.4 Å². The van der Waals surface area contributed by atoms with Crippen molar-refractivity contribution in [3.05, 3.63) is 82.2 Å². The third-order valence-corrected chi connectivity index (χ3v) is 5.13. The van der Waals surface area contributed by atoms with Crippen molar-refractivity contribution in [3.8, 4) is 5.75 Å².